The third-order valence-corrected chi connectivity index (χ3v) is 7.77. The Morgan fingerprint density at radius 3 is 1.22 bits per heavy atom. The fraction of sp³-hybridized carbons (Fsp3) is 1.00. The Morgan fingerprint density at radius 2 is 0.833 bits per heavy atom. The predicted molar refractivity (Wildman–Crippen MR) is 161 cm³/mol. The molecule has 3 heteroatoms. The zero-order valence-electron chi connectivity index (χ0n) is 25.7. The Balaban J connectivity index is 3.42. The molecule has 0 saturated carbocycles. The Labute approximate surface area is 228 Å². The van der Waals surface area contributed by atoms with E-state index in [9.17, 15) is 5.11 Å². The number of rotatable bonds is 30. The Morgan fingerprint density at radius 1 is 0.500 bits per heavy atom. The summed E-state index contributed by atoms with van der Waals surface area (Å²) >= 11 is 0. The minimum Gasteiger partial charge on any atom is -0.385 e. The third-order valence-electron chi connectivity index (χ3n) is 7.77. The van der Waals surface area contributed by atoms with E-state index in [1.807, 2.05) is 0 Å². The quantitative estimate of drug-likeness (QED) is 0.0766. The molecule has 0 fully saturated rings. The highest BCUT2D eigenvalue weighted by Gasteiger charge is 2.20. The molecule has 0 aromatic heterocycles. The second kappa shape index (κ2) is 27.9. The van der Waals surface area contributed by atoms with Crippen LogP contribution in [0.25, 0.3) is 0 Å². The second-order valence-electron chi connectivity index (χ2n) is 12.3. The third kappa shape index (κ3) is 28.5. The molecular weight excluding hydrogens is 442 g/mol. The molecule has 0 aliphatic heterocycles. The molecule has 0 saturated heterocycles. The first-order valence-corrected chi connectivity index (χ1v) is 16.6. The summed E-state index contributed by atoms with van der Waals surface area (Å²) in [6, 6.07) is 0. The van der Waals surface area contributed by atoms with Gasteiger partial charge in [0.15, 0.2) is 0 Å². The molecule has 36 heavy (non-hydrogen) atoms. The Kier molecular flexibility index (Phi) is 27.8. The number of nitrogens with zero attached hydrogens (tertiary/aromatic N) is 1. The van der Waals surface area contributed by atoms with Gasteiger partial charge in [-0.15, -0.1) is 0 Å². The number of likely N-dealkylation sites (N-methyl/N-ethyl adjacent to an activating group) is 1. The van der Waals surface area contributed by atoms with Crippen LogP contribution in [0.1, 0.15) is 168 Å². The fourth-order valence-corrected chi connectivity index (χ4v) is 5.36. The molecular formula is C33H70NO2+. The lowest BCUT2D eigenvalue weighted by atomic mass is 10.0. The van der Waals surface area contributed by atoms with Crippen molar-refractivity contribution in [2.75, 3.05) is 40.4 Å². The monoisotopic (exact) mass is 513 g/mol. The van der Waals surface area contributed by atoms with Crippen LogP contribution in [0.4, 0.5) is 0 Å². The standard InChI is InChI=1S/C33H70NO2/c1-5-7-9-11-13-15-17-18-19-20-21-23-25-27-29-34(3,4)31-33(35)32-36-30-28-26-24-22-16-14-12-10-8-6-2/h33,35H,5-32H2,1-4H3/q+1. The maximum atomic E-state index is 10.4. The normalized spacial score (nSPS) is 12.9. The highest BCUT2D eigenvalue weighted by molar-refractivity contribution is 4.54. The van der Waals surface area contributed by atoms with Crippen molar-refractivity contribution < 1.29 is 14.3 Å². The summed E-state index contributed by atoms with van der Waals surface area (Å²) in [5, 5.41) is 10.4. The van der Waals surface area contributed by atoms with E-state index in [-0.39, 0.29) is 6.10 Å². The summed E-state index contributed by atoms with van der Waals surface area (Å²) in [4.78, 5) is 0. The molecule has 0 amide bonds. The van der Waals surface area contributed by atoms with Gasteiger partial charge in [0.25, 0.3) is 0 Å². The van der Waals surface area contributed by atoms with E-state index in [1.165, 1.54) is 148 Å². The summed E-state index contributed by atoms with van der Waals surface area (Å²) in [7, 11) is 4.52. The molecule has 218 valence electrons. The molecule has 0 aromatic rings. The smallest absolute Gasteiger partial charge is 0.126 e. The van der Waals surface area contributed by atoms with E-state index >= 15 is 0 Å². The van der Waals surface area contributed by atoms with E-state index in [1.54, 1.807) is 0 Å². The van der Waals surface area contributed by atoms with Gasteiger partial charge in [-0.05, 0) is 19.3 Å². The van der Waals surface area contributed by atoms with Crippen LogP contribution in [0.5, 0.6) is 0 Å². The van der Waals surface area contributed by atoms with Gasteiger partial charge in [0.2, 0.25) is 0 Å². The molecule has 0 rings (SSSR count). The van der Waals surface area contributed by atoms with E-state index in [2.05, 4.69) is 27.9 Å². The minimum absolute atomic E-state index is 0.338. The lowest BCUT2D eigenvalue weighted by Gasteiger charge is -2.32. The van der Waals surface area contributed by atoms with Crippen LogP contribution in [0.2, 0.25) is 0 Å². The average Bonchev–Trinajstić information content (AvgIpc) is 2.84. The Bertz CT molecular complexity index is 412. The molecule has 1 atom stereocenters. The van der Waals surface area contributed by atoms with Gasteiger partial charge in [-0.1, -0.05) is 149 Å². The van der Waals surface area contributed by atoms with Crippen LogP contribution in [0, 0.1) is 0 Å². The predicted octanol–water partition coefficient (Wildman–Crippen LogP) is 9.84. The van der Waals surface area contributed by atoms with E-state index in [0.717, 1.165) is 30.6 Å². The molecule has 1 unspecified atom stereocenters. The van der Waals surface area contributed by atoms with E-state index in [0.29, 0.717) is 6.61 Å². The van der Waals surface area contributed by atoms with Gasteiger partial charge < -0.3 is 14.3 Å². The molecule has 0 heterocycles. The van der Waals surface area contributed by atoms with Crippen molar-refractivity contribution >= 4 is 0 Å². The van der Waals surface area contributed by atoms with Crippen molar-refractivity contribution in [3.05, 3.63) is 0 Å². The number of unbranched alkanes of at least 4 members (excludes halogenated alkanes) is 22. The number of aliphatic hydroxyl groups is 1. The van der Waals surface area contributed by atoms with Gasteiger partial charge in [-0.25, -0.2) is 0 Å². The van der Waals surface area contributed by atoms with Crippen LogP contribution >= 0.6 is 0 Å². The molecule has 0 bridgehead atoms. The van der Waals surface area contributed by atoms with E-state index in [4.69, 9.17) is 4.74 Å². The van der Waals surface area contributed by atoms with E-state index < -0.39 is 0 Å². The maximum absolute atomic E-state index is 10.4. The average molecular weight is 513 g/mol. The van der Waals surface area contributed by atoms with Crippen molar-refractivity contribution in [1.82, 2.24) is 0 Å². The van der Waals surface area contributed by atoms with Crippen LogP contribution in [-0.2, 0) is 4.74 Å². The molecule has 1 N–H and O–H groups in total. The number of aliphatic hydroxyl groups excluding tert-OH is 1. The fourth-order valence-electron chi connectivity index (χ4n) is 5.36. The first kappa shape index (κ1) is 35.9. The van der Waals surface area contributed by atoms with Crippen LogP contribution in [0.15, 0.2) is 0 Å². The molecule has 0 radical (unpaired) electrons. The van der Waals surface area contributed by atoms with Gasteiger partial charge in [0.1, 0.15) is 12.6 Å². The lowest BCUT2D eigenvalue weighted by Crippen LogP contribution is -2.47. The van der Waals surface area contributed by atoms with Gasteiger partial charge >= 0.3 is 0 Å². The van der Waals surface area contributed by atoms with Crippen LogP contribution in [0.3, 0.4) is 0 Å². The van der Waals surface area contributed by atoms with Crippen molar-refractivity contribution in [3.8, 4) is 0 Å². The largest absolute Gasteiger partial charge is 0.385 e. The van der Waals surface area contributed by atoms with Crippen LogP contribution in [-0.4, -0.2) is 56.1 Å². The van der Waals surface area contributed by atoms with Crippen molar-refractivity contribution in [1.29, 1.82) is 0 Å². The highest BCUT2D eigenvalue weighted by atomic mass is 16.5. The lowest BCUT2D eigenvalue weighted by molar-refractivity contribution is -0.893. The molecule has 0 aliphatic rings. The topological polar surface area (TPSA) is 29.5 Å². The zero-order chi connectivity index (χ0) is 26.6. The summed E-state index contributed by atoms with van der Waals surface area (Å²) < 4.78 is 6.68. The van der Waals surface area contributed by atoms with Crippen molar-refractivity contribution in [2.24, 2.45) is 0 Å². The summed E-state index contributed by atoms with van der Waals surface area (Å²) in [5.41, 5.74) is 0. The number of hydrogen-bond donors (Lipinski definition) is 1. The number of quaternary nitrogens is 1. The zero-order valence-corrected chi connectivity index (χ0v) is 25.7. The molecule has 0 aromatic carbocycles. The van der Waals surface area contributed by atoms with Gasteiger partial charge in [0, 0.05) is 6.61 Å². The maximum Gasteiger partial charge on any atom is 0.126 e. The number of hydrogen-bond acceptors (Lipinski definition) is 2. The van der Waals surface area contributed by atoms with Gasteiger partial charge in [-0.2, -0.15) is 0 Å². The van der Waals surface area contributed by atoms with Crippen molar-refractivity contribution in [2.45, 2.75) is 174 Å². The molecule has 0 aliphatic carbocycles. The SMILES string of the molecule is CCCCCCCCCCCCCCCC[N+](C)(C)CC(O)COCCCCCCCCCCCC. The highest BCUT2D eigenvalue weighted by Crippen LogP contribution is 2.14. The second-order valence-corrected chi connectivity index (χ2v) is 12.3. The first-order valence-electron chi connectivity index (χ1n) is 16.6. The minimum atomic E-state index is -0.338. The molecule has 3 nitrogen and oxygen atoms in total. The van der Waals surface area contributed by atoms with Crippen molar-refractivity contribution in [3.63, 3.8) is 0 Å². The Hall–Kier alpha value is -0.120. The summed E-state index contributed by atoms with van der Waals surface area (Å²) in [6.07, 6.45) is 32.9. The van der Waals surface area contributed by atoms with Gasteiger partial charge in [0.05, 0.1) is 27.2 Å². The van der Waals surface area contributed by atoms with Gasteiger partial charge in [-0.3, -0.25) is 0 Å². The molecule has 0 spiro atoms. The van der Waals surface area contributed by atoms with Crippen LogP contribution < -0.4 is 0 Å². The number of ether oxygens (including phenoxy) is 1. The first-order chi connectivity index (χ1) is 17.5. The summed E-state index contributed by atoms with van der Waals surface area (Å²) in [5.74, 6) is 0. The summed E-state index contributed by atoms with van der Waals surface area (Å²) in [6.45, 7) is 7.84.